The van der Waals surface area contributed by atoms with Crippen LogP contribution in [0.25, 0.3) is 10.4 Å². The maximum absolute atomic E-state index is 10.0. The number of carbonyl (C=O) groups is 1. The minimum Gasteiger partial charge on any atom is -0.467 e. The van der Waals surface area contributed by atoms with E-state index in [0.717, 1.165) is 20.5 Å². The number of H-pyrrole nitrogens is 1. The summed E-state index contributed by atoms with van der Waals surface area (Å²) in [7, 11) is 0. The van der Waals surface area contributed by atoms with Gasteiger partial charge in [0.1, 0.15) is 0 Å². The third kappa shape index (κ3) is 2.43. The second-order valence-corrected chi connectivity index (χ2v) is 4.80. The van der Waals surface area contributed by atoms with Gasteiger partial charge in [-0.15, -0.1) is 11.3 Å². The molecule has 1 N–H and O–H groups in total. The highest BCUT2D eigenvalue weighted by Crippen LogP contribution is 2.32. The van der Waals surface area contributed by atoms with Crippen LogP contribution in [0.2, 0.25) is 4.34 Å². The molecule has 84 valence electrons. The zero-order valence-corrected chi connectivity index (χ0v) is 9.85. The number of hydrogen-bond donors (Lipinski definition) is 1. The Labute approximate surface area is 101 Å². The smallest absolute Gasteiger partial charge is 0.293 e. The molecule has 0 atom stereocenters. The molecule has 0 unspecified atom stereocenters. The molecule has 6 heteroatoms. The second-order valence-electron chi connectivity index (χ2n) is 3.08. The highest BCUT2D eigenvalue weighted by molar-refractivity contribution is 7.19. The summed E-state index contributed by atoms with van der Waals surface area (Å²) < 4.78 is 5.39. The molecule has 0 aliphatic rings. The fraction of sp³-hybridized carbons (Fsp3) is 0.200. The summed E-state index contributed by atoms with van der Waals surface area (Å²) in [5.41, 5.74) is 1.95. The average molecular weight is 257 g/mol. The number of ether oxygens (including phenoxy) is 1. The first-order chi connectivity index (χ1) is 7.81. The molecule has 0 saturated heterocycles. The number of aromatic nitrogens is 2. The molecule has 2 heterocycles. The van der Waals surface area contributed by atoms with E-state index in [-0.39, 0.29) is 0 Å². The van der Waals surface area contributed by atoms with Crippen LogP contribution in [0, 0.1) is 0 Å². The molecular formula is C10H9ClN2O2S. The normalized spacial score (nSPS) is 10.3. The molecule has 0 aliphatic heterocycles. The number of hydrogen-bond acceptors (Lipinski definition) is 4. The van der Waals surface area contributed by atoms with E-state index in [9.17, 15) is 4.79 Å². The molecule has 2 aromatic heterocycles. The quantitative estimate of drug-likeness (QED) is 0.661. The largest absolute Gasteiger partial charge is 0.467 e. The van der Waals surface area contributed by atoms with Crippen molar-refractivity contribution in [1.29, 1.82) is 0 Å². The Kier molecular flexibility index (Phi) is 3.58. The van der Waals surface area contributed by atoms with E-state index in [0.29, 0.717) is 19.5 Å². The standard InChI is InChI=1S/C10H9ClN2O2S/c11-10-2-1-9(16-10)7-5-12-13-8(7)3-4-15-6-14/h1-2,5-6H,3-4H2,(H,12,13). The van der Waals surface area contributed by atoms with Gasteiger partial charge in [0.2, 0.25) is 0 Å². The van der Waals surface area contributed by atoms with E-state index in [1.807, 2.05) is 12.1 Å². The Morgan fingerprint density at radius 2 is 2.44 bits per heavy atom. The maximum atomic E-state index is 10.0. The van der Waals surface area contributed by atoms with Crippen LogP contribution in [0.1, 0.15) is 5.69 Å². The molecular weight excluding hydrogens is 248 g/mol. The van der Waals surface area contributed by atoms with Crippen molar-refractivity contribution in [2.24, 2.45) is 0 Å². The van der Waals surface area contributed by atoms with E-state index in [1.54, 1.807) is 6.20 Å². The van der Waals surface area contributed by atoms with Crippen LogP contribution in [0.5, 0.6) is 0 Å². The lowest BCUT2D eigenvalue weighted by molar-refractivity contribution is -0.128. The minimum absolute atomic E-state index is 0.345. The Balaban J connectivity index is 2.15. The van der Waals surface area contributed by atoms with Gasteiger partial charge in [-0.25, -0.2) is 0 Å². The summed E-state index contributed by atoms with van der Waals surface area (Å²) in [4.78, 5) is 11.1. The van der Waals surface area contributed by atoms with E-state index in [1.165, 1.54) is 11.3 Å². The van der Waals surface area contributed by atoms with E-state index in [2.05, 4.69) is 14.9 Å². The zero-order chi connectivity index (χ0) is 11.4. The van der Waals surface area contributed by atoms with Gasteiger partial charge >= 0.3 is 0 Å². The number of halogens is 1. The number of nitrogens with zero attached hydrogens (tertiary/aromatic N) is 1. The highest BCUT2D eigenvalue weighted by atomic mass is 35.5. The van der Waals surface area contributed by atoms with Gasteiger partial charge in [-0.3, -0.25) is 9.89 Å². The number of carbonyl (C=O) groups excluding carboxylic acids is 1. The monoisotopic (exact) mass is 256 g/mol. The van der Waals surface area contributed by atoms with Crippen molar-refractivity contribution in [3.05, 3.63) is 28.4 Å². The highest BCUT2D eigenvalue weighted by Gasteiger charge is 2.09. The van der Waals surface area contributed by atoms with Crippen molar-refractivity contribution >= 4 is 29.4 Å². The predicted molar refractivity (Wildman–Crippen MR) is 62.6 cm³/mol. The summed E-state index contributed by atoms with van der Waals surface area (Å²) in [5.74, 6) is 0. The van der Waals surface area contributed by atoms with Crippen LogP contribution < -0.4 is 0 Å². The first-order valence-electron chi connectivity index (χ1n) is 4.64. The van der Waals surface area contributed by atoms with Crippen LogP contribution in [0.15, 0.2) is 18.3 Å². The third-order valence-corrected chi connectivity index (χ3v) is 3.36. The molecule has 2 rings (SSSR count). The summed E-state index contributed by atoms with van der Waals surface area (Å²) in [6.07, 6.45) is 2.36. The minimum atomic E-state index is 0.345. The molecule has 0 radical (unpaired) electrons. The van der Waals surface area contributed by atoms with Crippen LogP contribution in [0.4, 0.5) is 0 Å². The number of thiophene rings is 1. The summed E-state index contributed by atoms with van der Waals surface area (Å²) in [6, 6.07) is 3.79. The summed E-state index contributed by atoms with van der Waals surface area (Å²) in [6.45, 7) is 0.788. The lowest BCUT2D eigenvalue weighted by atomic mass is 10.2. The summed E-state index contributed by atoms with van der Waals surface area (Å²) in [5, 5.41) is 6.87. The van der Waals surface area contributed by atoms with Crippen molar-refractivity contribution in [2.45, 2.75) is 6.42 Å². The molecule has 2 aromatic rings. The number of rotatable bonds is 5. The van der Waals surface area contributed by atoms with Crippen molar-refractivity contribution in [3.63, 3.8) is 0 Å². The van der Waals surface area contributed by atoms with Crippen LogP contribution in [0.3, 0.4) is 0 Å². The van der Waals surface area contributed by atoms with E-state index < -0.39 is 0 Å². The van der Waals surface area contributed by atoms with Gasteiger partial charge in [0, 0.05) is 22.6 Å². The second kappa shape index (κ2) is 5.14. The zero-order valence-electron chi connectivity index (χ0n) is 8.27. The first kappa shape index (κ1) is 11.2. The lowest BCUT2D eigenvalue weighted by Crippen LogP contribution is -1.98. The van der Waals surface area contributed by atoms with Crippen LogP contribution in [-0.4, -0.2) is 23.3 Å². The van der Waals surface area contributed by atoms with E-state index in [4.69, 9.17) is 11.6 Å². The summed E-state index contributed by atoms with van der Waals surface area (Å²) >= 11 is 7.37. The number of aromatic amines is 1. The van der Waals surface area contributed by atoms with Gasteiger partial charge in [0.15, 0.2) is 0 Å². The Hall–Kier alpha value is -1.33. The fourth-order valence-electron chi connectivity index (χ4n) is 1.38. The van der Waals surface area contributed by atoms with Gasteiger partial charge < -0.3 is 4.74 Å². The fourth-order valence-corrected chi connectivity index (χ4v) is 2.46. The van der Waals surface area contributed by atoms with Gasteiger partial charge in [-0.2, -0.15) is 5.10 Å². The Morgan fingerprint density at radius 3 is 3.12 bits per heavy atom. The Morgan fingerprint density at radius 1 is 1.56 bits per heavy atom. The predicted octanol–water partition coefficient (Wildman–Crippen LogP) is 2.51. The molecule has 0 saturated carbocycles. The topological polar surface area (TPSA) is 55.0 Å². The lowest BCUT2D eigenvalue weighted by Gasteiger charge is -1.99. The van der Waals surface area contributed by atoms with E-state index >= 15 is 0 Å². The van der Waals surface area contributed by atoms with Crippen molar-refractivity contribution in [3.8, 4) is 10.4 Å². The molecule has 0 aromatic carbocycles. The Bertz CT molecular complexity index is 481. The molecule has 0 aliphatic carbocycles. The SMILES string of the molecule is O=COCCc1[nH]ncc1-c1ccc(Cl)s1. The van der Waals surface area contributed by atoms with Gasteiger partial charge in [-0.1, -0.05) is 11.6 Å². The van der Waals surface area contributed by atoms with Crippen molar-refractivity contribution in [2.75, 3.05) is 6.61 Å². The van der Waals surface area contributed by atoms with Crippen molar-refractivity contribution < 1.29 is 9.53 Å². The average Bonchev–Trinajstić information content (AvgIpc) is 2.87. The maximum Gasteiger partial charge on any atom is 0.293 e. The first-order valence-corrected chi connectivity index (χ1v) is 5.84. The number of nitrogens with one attached hydrogen (secondary N) is 1. The van der Waals surface area contributed by atoms with Crippen LogP contribution in [-0.2, 0) is 16.0 Å². The molecule has 0 amide bonds. The van der Waals surface area contributed by atoms with Crippen LogP contribution >= 0.6 is 22.9 Å². The third-order valence-electron chi connectivity index (χ3n) is 2.09. The molecule has 0 spiro atoms. The van der Waals surface area contributed by atoms with Gasteiger partial charge in [0.05, 0.1) is 17.1 Å². The van der Waals surface area contributed by atoms with Crippen molar-refractivity contribution in [1.82, 2.24) is 10.2 Å². The molecule has 16 heavy (non-hydrogen) atoms. The molecule has 4 nitrogen and oxygen atoms in total. The van der Waals surface area contributed by atoms with Gasteiger partial charge in [-0.05, 0) is 12.1 Å². The van der Waals surface area contributed by atoms with Gasteiger partial charge in [0.25, 0.3) is 6.47 Å². The molecule has 0 bridgehead atoms. The molecule has 0 fully saturated rings.